The van der Waals surface area contributed by atoms with Gasteiger partial charge in [-0.15, -0.1) is 0 Å². The maximum absolute atomic E-state index is 5.80. The van der Waals surface area contributed by atoms with Gasteiger partial charge in [-0.2, -0.15) is 0 Å². The van der Waals surface area contributed by atoms with Gasteiger partial charge in [-0.3, -0.25) is 0 Å². The molecule has 3 nitrogen and oxygen atoms in total. The monoisotopic (exact) mass is 272 g/mol. The van der Waals surface area contributed by atoms with Crippen LogP contribution in [0.15, 0.2) is 27.3 Å². The molecule has 0 fully saturated rings. The Labute approximate surface area is 94.3 Å². The van der Waals surface area contributed by atoms with Crippen LogP contribution in [0.3, 0.4) is 0 Å². The van der Waals surface area contributed by atoms with E-state index in [4.69, 9.17) is 16.0 Å². The number of hydrogen-bond acceptors (Lipinski definition) is 3. The minimum absolute atomic E-state index is 0.417. The standard InChI is InChI=1S/C9H6BrClN2O/c1-5-4-8(11)13-9(12-5)6-2-3-7(10)14-6/h2-4H,1H3. The molecule has 0 bridgehead atoms. The molecule has 2 aromatic heterocycles. The average Bonchev–Trinajstić information content (AvgIpc) is 2.50. The quantitative estimate of drug-likeness (QED) is 0.747. The highest BCUT2D eigenvalue weighted by Crippen LogP contribution is 2.23. The first kappa shape index (κ1) is 9.68. The molecule has 0 aromatic carbocycles. The summed E-state index contributed by atoms with van der Waals surface area (Å²) in [6.45, 7) is 1.86. The van der Waals surface area contributed by atoms with E-state index in [0.717, 1.165) is 5.69 Å². The van der Waals surface area contributed by atoms with E-state index in [-0.39, 0.29) is 0 Å². The maximum atomic E-state index is 5.80. The van der Waals surface area contributed by atoms with E-state index in [0.29, 0.717) is 21.4 Å². The summed E-state index contributed by atoms with van der Waals surface area (Å²) in [4.78, 5) is 8.26. The van der Waals surface area contributed by atoms with Gasteiger partial charge in [0.15, 0.2) is 16.3 Å². The van der Waals surface area contributed by atoms with Crippen LogP contribution in [0, 0.1) is 6.92 Å². The predicted octanol–water partition coefficient (Wildman–Crippen LogP) is 3.46. The summed E-state index contributed by atoms with van der Waals surface area (Å²) in [6.07, 6.45) is 0. The van der Waals surface area contributed by atoms with Crippen LogP contribution in [0.4, 0.5) is 0 Å². The second kappa shape index (κ2) is 3.71. The van der Waals surface area contributed by atoms with Crippen molar-refractivity contribution in [1.82, 2.24) is 9.97 Å². The van der Waals surface area contributed by atoms with Crippen LogP contribution in [0.1, 0.15) is 5.69 Å². The van der Waals surface area contributed by atoms with Crippen molar-refractivity contribution in [3.63, 3.8) is 0 Å². The lowest BCUT2D eigenvalue weighted by Crippen LogP contribution is -1.90. The van der Waals surface area contributed by atoms with E-state index < -0.39 is 0 Å². The summed E-state index contributed by atoms with van der Waals surface area (Å²) in [6, 6.07) is 5.27. The van der Waals surface area contributed by atoms with Gasteiger partial charge in [0.2, 0.25) is 0 Å². The molecule has 0 aliphatic rings. The SMILES string of the molecule is Cc1cc(Cl)nc(-c2ccc(Br)o2)n1. The lowest BCUT2D eigenvalue weighted by Gasteiger charge is -1.97. The molecule has 0 radical (unpaired) electrons. The smallest absolute Gasteiger partial charge is 0.197 e. The molecule has 0 aliphatic heterocycles. The van der Waals surface area contributed by atoms with Gasteiger partial charge in [-0.25, -0.2) is 9.97 Å². The Morgan fingerprint density at radius 2 is 2.14 bits per heavy atom. The average molecular weight is 274 g/mol. The second-order valence-corrected chi connectivity index (χ2v) is 3.93. The molecule has 72 valence electrons. The summed E-state index contributed by atoms with van der Waals surface area (Å²) >= 11 is 9.01. The van der Waals surface area contributed by atoms with Crippen LogP contribution >= 0.6 is 27.5 Å². The molecule has 2 aromatic rings. The minimum Gasteiger partial charge on any atom is -0.446 e. The van der Waals surface area contributed by atoms with E-state index in [1.54, 1.807) is 18.2 Å². The number of halogens is 2. The Morgan fingerprint density at radius 1 is 1.36 bits per heavy atom. The molecule has 0 unspecified atom stereocenters. The zero-order valence-corrected chi connectivity index (χ0v) is 9.63. The summed E-state index contributed by atoms with van der Waals surface area (Å²) in [7, 11) is 0. The van der Waals surface area contributed by atoms with Gasteiger partial charge in [0, 0.05) is 5.69 Å². The van der Waals surface area contributed by atoms with Crippen LogP contribution < -0.4 is 0 Å². The van der Waals surface area contributed by atoms with Crippen LogP contribution in [0.5, 0.6) is 0 Å². The lowest BCUT2D eigenvalue weighted by atomic mass is 10.4. The molecule has 5 heteroatoms. The van der Waals surface area contributed by atoms with E-state index >= 15 is 0 Å². The van der Waals surface area contributed by atoms with E-state index in [9.17, 15) is 0 Å². The van der Waals surface area contributed by atoms with Crippen molar-refractivity contribution in [2.75, 3.05) is 0 Å². The topological polar surface area (TPSA) is 38.9 Å². The highest BCUT2D eigenvalue weighted by atomic mass is 79.9. The number of furan rings is 1. The summed E-state index contributed by atoms with van der Waals surface area (Å²) in [5.41, 5.74) is 0.813. The Kier molecular flexibility index (Phi) is 2.56. The molecule has 2 rings (SSSR count). The molecule has 2 heterocycles. The molecule has 0 atom stereocenters. The molecule has 0 aliphatic carbocycles. The first-order chi connectivity index (χ1) is 6.65. The molecule has 14 heavy (non-hydrogen) atoms. The molecule has 0 N–H and O–H groups in total. The Balaban J connectivity index is 2.51. The first-order valence-corrected chi connectivity index (χ1v) is 5.09. The zero-order valence-electron chi connectivity index (χ0n) is 7.29. The molecule has 0 amide bonds. The third-order valence-corrected chi connectivity index (χ3v) is 2.24. The third kappa shape index (κ3) is 1.96. The number of aryl methyl sites for hydroxylation is 1. The van der Waals surface area contributed by atoms with Gasteiger partial charge in [-0.1, -0.05) is 11.6 Å². The van der Waals surface area contributed by atoms with Crippen LogP contribution in [-0.4, -0.2) is 9.97 Å². The number of nitrogens with zero attached hydrogens (tertiary/aromatic N) is 2. The molecular formula is C9H6BrClN2O. The fourth-order valence-electron chi connectivity index (χ4n) is 1.07. The number of rotatable bonds is 1. The van der Waals surface area contributed by atoms with Crippen molar-refractivity contribution in [3.05, 3.63) is 33.7 Å². The highest BCUT2D eigenvalue weighted by molar-refractivity contribution is 9.10. The van der Waals surface area contributed by atoms with Crippen molar-refractivity contribution < 1.29 is 4.42 Å². The van der Waals surface area contributed by atoms with Gasteiger partial charge < -0.3 is 4.42 Å². The van der Waals surface area contributed by atoms with Gasteiger partial charge >= 0.3 is 0 Å². The molecule has 0 saturated carbocycles. The fourth-order valence-corrected chi connectivity index (χ4v) is 1.62. The van der Waals surface area contributed by atoms with Crippen molar-refractivity contribution in [3.8, 4) is 11.6 Å². The second-order valence-electron chi connectivity index (χ2n) is 2.76. The van der Waals surface area contributed by atoms with Crippen LogP contribution in [0.25, 0.3) is 11.6 Å². The molecule has 0 saturated heterocycles. The Hall–Kier alpha value is -0.870. The molecular weight excluding hydrogens is 267 g/mol. The minimum atomic E-state index is 0.417. The Bertz CT molecular complexity index is 449. The van der Waals surface area contributed by atoms with Crippen LogP contribution in [-0.2, 0) is 0 Å². The van der Waals surface area contributed by atoms with Crippen molar-refractivity contribution >= 4 is 27.5 Å². The fraction of sp³-hybridized carbons (Fsp3) is 0.111. The van der Waals surface area contributed by atoms with Crippen molar-refractivity contribution in [2.24, 2.45) is 0 Å². The number of hydrogen-bond donors (Lipinski definition) is 0. The number of aromatic nitrogens is 2. The van der Waals surface area contributed by atoms with E-state index in [1.807, 2.05) is 6.92 Å². The van der Waals surface area contributed by atoms with E-state index in [1.165, 1.54) is 0 Å². The predicted molar refractivity (Wildman–Crippen MR) is 57.2 cm³/mol. The normalized spacial score (nSPS) is 10.5. The third-order valence-electron chi connectivity index (χ3n) is 1.62. The Morgan fingerprint density at radius 3 is 2.71 bits per heavy atom. The van der Waals surface area contributed by atoms with Gasteiger partial charge in [0.05, 0.1) is 0 Å². The van der Waals surface area contributed by atoms with Gasteiger partial charge in [0.25, 0.3) is 0 Å². The molecule has 0 spiro atoms. The highest BCUT2D eigenvalue weighted by Gasteiger charge is 2.07. The summed E-state index contributed by atoms with van der Waals surface area (Å²) in [5.74, 6) is 1.10. The maximum Gasteiger partial charge on any atom is 0.197 e. The zero-order chi connectivity index (χ0) is 10.1. The summed E-state index contributed by atoms with van der Waals surface area (Å²) in [5, 5.41) is 0.417. The first-order valence-electron chi connectivity index (χ1n) is 3.92. The van der Waals surface area contributed by atoms with Crippen molar-refractivity contribution in [2.45, 2.75) is 6.92 Å². The lowest BCUT2D eigenvalue weighted by molar-refractivity contribution is 0.551. The largest absolute Gasteiger partial charge is 0.446 e. The van der Waals surface area contributed by atoms with E-state index in [2.05, 4.69) is 25.9 Å². The van der Waals surface area contributed by atoms with Gasteiger partial charge in [-0.05, 0) is 41.1 Å². The van der Waals surface area contributed by atoms with Gasteiger partial charge in [0.1, 0.15) is 5.15 Å². The summed E-state index contributed by atoms with van der Waals surface area (Å²) < 4.78 is 5.96. The van der Waals surface area contributed by atoms with Crippen molar-refractivity contribution in [1.29, 1.82) is 0 Å². The van der Waals surface area contributed by atoms with Crippen LogP contribution in [0.2, 0.25) is 5.15 Å².